The minimum Gasteiger partial charge on any atom is -0.508 e. The van der Waals surface area contributed by atoms with Crippen LogP contribution in [0.3, 0.4) is 0 Å². The number of nitrogens with zero attached hydrogens (tertiary/aromatic N) is 3. The zero-order valence-electron chi connectivity index (χ0n) is 11.8. The molecule has 0 fully saturated rings. The van der Waals surface area contributed by atoms with Gasteiger partial charge in [-0.25, -0.2) is 4.98 Å². The predicted octanol–water partition coefficient (Wildman–Crippen LogP) is 1.45. The van der Waals surface area contributed by atoms with E-state index in [1.165, 1.54) is 48.6 Å². The van der Waals surface area contributed by atoms with Gasteiger partial charge < -0.3 is 10.0 Å². The van der Waals surface area contributed by atoms with Crippen molar-refractivity contribution in [2.45, 2.75) is 6.92 Å². The van der Waals surface area contributed by atoms with Gasteiger partial charge in [0.15, 0.2) is 5.78 Å². The van der Waals surface area contributed by atoms with Crippen LogP contribution in [0.15, 0.2) is 36.7 Å². The first-order valence-corrected chi connectivity index (χ1v) is 6.33. The van der Waals surface area contributed by atoms with E-state index in [9.17, 15) is 14.7 Å². The molecule has 1 amide bonds. The number of aryl methyl sites for hydroxylation is 1. The molecule has 0 unspecified atom stereocenters. The molecule has 0 bridgehead atoms. The molecule has 0 spiro atoms. The highest BCUT2D eigenvalue weighted by Gasteiger charge is 2.17. The molecular weight excluding hydrogens is 270 g/mol. The number of amides is 1. The van der Waals surface area contributed by atoms with Crippen LogP contribution in [-0.2, 0) is 0 Å². The molecule has 108 valence electrons. The lowest BCUT2D eigenvalue weighted by Gasteiger charge is -2.15. The summed E-state index contributed by atoms with van der Waals surface area (Å²) in [7, 11) is 1.53. The number of Topliss-reactive ketones (excluding diaryl/α,β-unsaturated/α-hetero) is 1. The van der Waals surface area contributed by atoms with Crippen LogP contribution < -0.4 is 0 Å². The molecule has 0 radical (unpaired) electrons. The van der Waals surface area contributed by atoms with E-state index >= 15 is 0 Å². The average Bonchev–Trinajstić information content (AvgIpc) is 2.47. The number of hydrogen-bond donors (Lipinski definition) is 1. The number of aromatic nitrogens is 2. The molecule has 0 atom stereocenters. The highest BCUT2D eigenvalue weighted by Crippen LogP contribution is 2.11. The second-order valence-corrected chi connectivity index (χ2v) is 4.67. The molecule has 0 aliphatic rings. The largest absolute Gasteiger partial charge is 0.508 e. The van der Waals surface area contributed by atoms with Crippen LogP contribution in [-0.4, -0.2) is 45.3 Å². The fraction of sp³-hybridized carbons (Fsp3) is 0.200. The number of ketones is 1. The van der Waals surface area contributed by atoms with Crippen LogP contribution in [0.2, 0.25) is 0 Å². The van der Waals surface area contributed by atoms with Crippen molar-refractivity contribution in [2.24, 2.45) is 0 Å². The van der Waals surface area contributed by atoms with Crippen LogP contribution in [0.4, 0.5) is 0 Å². The van der Waals surface area contributed by atoms with Gasteiger partial charge in [0.05, 0.1) is 18.4 Å². The van der Waals surface area contributed by atoms with Gasteiger partial charge in [-0.15, -0.1) is 0 Å². The molecule has 0 aliphatic carbocycles. The minimum absolute atomic E-state index is 0.0703. The Hall–Kier alpha value is -2.76. The molecule has 6 nitrogen and oxygen atoms in total. The Balaban J connectivity index is 2.05. The number of benzene rings is 1. The number of rotatable bonds is 4. The summed E-state index contributed by atoms with van der Waals surface area (Å²) in [5.74, 6) is -0.494. The molecule has 21 heavy (non-hydrogen) atoms. The number of carbonyl (C=O) groups is 2. The summed E-state index contributed by atoms with van der Waals surface area (Å²) in [5, 5.41) is 9.19. The van der Waals surface area contributed by atoms with Crippen molar-refractivity contribution in [3.8, 4) is 5.75 Å². The van der Waals surface area contributed by atoms with E-state index in [-0.39, 0.29) is 29.7 Å². The van der Waals surface area contributed by atoms with Crippen molar-refractivity contribution in [2.75, 3.05) is 13.6 Å². The van der Waals surface area contributed by atoms with Gasteiger partial charge in [-0.1, -0.05) is 0 Å². The zero-order chi connectivity index (χ0) is 15.4. The monoisotopic (exact) mass is 285 g/mol. The summed E-state index contributed by atoms with van der Waals surface area (Å²) in [5.41, 5.74) is 1.35. The van der Waals surface area contributed by atoms with Gasteiger partial charge in [-0.2, -0.15) is 0 Å². The van der Waals surface area contributed by atoms with Gasteiger partial charge >= 0.3 is 0 Å². The third-order valence-electron chi connectivity index (χ3n) is 2.92. The lowest BCUT2D eigenvalue weighted by Crippen LogP contribution is -2.32. The molecule has 0 aliphatic heterocycles. The smallest absolute Gasteiger partial charge is 0.274 e. The Bertz CT molecular complexity index is 651. The highest BCUT2D eigenvalue weighted by molar-refractivity contribution is 6.01. The summed E-state index contributed by atoms with van der Waals surface area (Å²) in [6.07, 6.45) is 2.89. The number of aromatic hydroxyl groups is 1. The van der Waals surface area contributed by atoms with Crippen molar-refractivity contribution >= 4 is 11.7 Å². The maximum atomic E-state index is 12.1. The number of phenols is 1. The molecule has 2 aromatic rings. The third-order valence-corrected chi connectivity index (χ3v) is 2.92. The van der Waals surface area contributed by atoms with E-state index in [0.29, 0.717) is 5.56 Å². The van der Waals surface area contributed by atoms with Gasteiger partial charge in [-0.3, -0.25) is 14.6 Å². The van der Waals surface area contributed by atoms with Gasteiger partial charge in [0.25, 0.3) is 5.91 Å². The Labute approximate surface area is 122 Å². The Kier molecular flexibility index (Phi) is 4.27. The number of carbonyl (C=O) groups excluding carboxylic acids is 2. The van der Waals surface area contributed by atoms with Crippen LogP contribution >= 0.6 is 0 Å². The Morgan fingerprint density at radius 2 is 1.81 bits per heavy atom. The standard InChI is InChI=1S/C15H15N3O3/c1-10-7-17-13(8-16-10)15(21)18(2)9-14(20)11-3-5-12(19)6-4-11/h3-8,19H,9H2,1-2H3. The normalized spacial score (nSPS) is 10.2. The Morgan fingerprint density at radius 3 is 2.38 bits per heavy atom. The maximum Gasteiger partial charge on any atom is 0.274 e. The first-order valence-electron chi connectivity index (χ1n) is 6.33. The first-order chi connectivity index (χ1) is 9.97. The SMILES string of the molecule is Cc1cnc(C(=O)N(C)CC(=O)c2ccc(O)cc2)cn1. The zero-order valence-corrected chi connectivity index (χ0v) is 11.8. The van der Waals surface area contributed by atoms with E-state index in [1.807, 2.05) is 0 Å². The predicted molar refractivity (Wildman–Crippen MR) is 76.2 cm³/mol. The lowest BCUT2D eigenvalue weighted by atomic mass is 10.1. The summed E-state index contributed by atoms with van der Waals surface area (Å²) in [4.78, 5) is 33.4. The molecular formula is C15H15N3O3. The molecule has 6 heteroatoms. The topological polar surface area (TPSA) is 83.4 Å². The van der Waals surface area contributed by atoms with Gasteiger partial charge in [0.1, 0.15) is 11.4 Å². The molecule has 0 saturated carbocycles. The Morgan fingerprint density at radius 1 is 1.14 bits per heavy atom. The average molecular weight is 285 g/mol. The quantitative estimate of drug-likeness (QED) is 0.859. The van der Waals surface area contributed by atoms with E-state index < -0.39 is 0 Å². The van der Waals surface area contributed by atoms with Crippen molar-refractivity contribution in [3.05, 3.63) is 53.6 Å². The van der Waals surface area contributed by atoms with E-state index in [4.69, 9.17) is 0 Å². The maximum absolute atomic E-state index is 12.1. The van der Waals surface area contributed by atoms with Gasteiger partial charge in [0, 0.05) is 18.8 Å². The molecule has 1 aromatic heterocycles. The molecule has 1 heterocycles. The van der Waals surface area contributed by atoms with Crippen molar-refractivity contribution in [3.63, 3.8) is 0 Å². The van der Waals surface area contributed by atoms with Crippen LogP contribution in [0, 0.1) is 6.92 Å². The molecule has 1 aromatic carbocycles. The van der Waals surface area contributed by atoms with Crippen molar-refractivity contribution < 1.29 is 14.7 Å². The third kappa shape index (κ3) is 3.62. The van der Waals surface area contributed by atoms with Crippen molar-refractivity contribution in [1.29, 1.82) is 0 Å². The van der Waals surface area contributed by atoms with Gasteiger partial charge in [0.2, 0.25) is 0 Å². The minimum atomic E-state index is -0.366. The first kappa shape index (κ1) is 14.6. The van der Waals surface area contributed by atoms with Crippen LogP contribution in [0.5, 0.6) is 5.75 Å². The van der Waals surface area contributed by atoms with Crippen LogP contribution in [0.25, 0.3) is 0 Å². The van der Waals surface area contributed by atoms with Crippen molar-refractivity contribution in [1.82, 2.24) is 14.9 Å². The highest BCUT2D eigenvalue weighted by atomic mass is 16.3. The van der Waals surface area contributed by atoms with E-state index in [2.05, 4.69) is 9.97 Å². The number of phenolic OH excluding ortho intramolecular Hbond substituents is 1. The summed E-state index contributed by atoms with van der Waals surface area (Å²) in [6, 6.07) is 5.89. The van der Waals surface area contributed by atoms with Gasteiger partial charge in [-0.05, 0) is 31.2 Å². The van der Waals surface area contributed by atoms with Crippen LogP contribution in [0.1, 0.15) is 26.5 Å². The molecule has 2 rings (SSSR count). The summed E-state index contributed by atoms with van der Waals surface area (Å²) in [6.45, 7) is 1.71. The molecule has 0 saturated heterocycles. The second-order valence-electron chi connectivity index (χ2n) is 4.67. The summed E-state index contributed by atoms with van der Waals surface area (Å²) >= 11 is 0. The fourth-order valence-electron chi connectivity index (χ4n) is 1.72. The summed E-state index contributed by atoms with van der Waals surface area (Å²) < 4.78 is 0. The second kappa shape index (κ2) is 6.13. The fourth-order valence-corrected chi connectivity index (χ4v) is 1.72. The number of hydrogen-bond acceptors (Lipinski definition) is 5. The molecule has 1 N–H and O–H groups in total. The number of likely N-dealkylation sites (N-methyl/N-ethyl adjacent to an activating group) is 1. The van der Waals surface area contributed by atoms with E-state index in [1.54, 1.807) is 6.92 Å². The van der Waals surface area contributed by atoms with E-state index in [0.717, 1.165) is 5.69 Å². The lowest BCUT2D eigenvalue weighted by molar-refractivity contribution is 0.0742.